The van der Waals surface area contributed by atoms with Gasteiger partial charge < -0.3 is 0 Å². The summed E-state index contributed by atoms with van der Waals surface area (Å²) in [5.41, 5.74) is 2.16. The van der Waals surface area contributed by atoms with Gasteiger partial charge in [-0.05, 0) is 50.0 Å². The molecule has 2 heteroatoms. The van der Waals surface area contributed by atoms with E-state index < -0.39 is 0 Å². The van der Waals surface area contributed by atoms with E-state index in [1.54, 1.807) is 0 Å². The van der Waals surface area contributed by atoms with Crippen LogP contribution in [0.25, 0.3) is 0 Å². The molecule has 0 aromatic heterocycles. The van der Waals surface area contributed by atoms with E-state index in [1.807, 2.05) is 19.1 Å². The molecule has 1 aliphatic rings. The number of carbonyl (C=O) groups is 2. The van der Waals surface area contributed by atoms with Crippen LogP contribution in [0, 0.1) is 5.92 Å². The number of Topliss-reactive ketones (excluding diaryl/α,β-unsaturated/α-hetero) is 2. The maximum atomic E-state index is 12.0. The molecule has 0 bridgehead atoms. The Bertz CT molecular complexity index is 493. The Hall–Kier alpha value is -1.44. The molecule has 22 heavy (non-hydrogen) atoms. The van der Waals surface area contributed by atoms with Gasteiger partial charge in [0.05, 0.1) is 0 Å². The fourth-order valence-electron chi connectivity index (χ4n) is 3.51. The first-order valence-corrected chi connectivity index (χ1v) is 8.81. The lowest BCUT2D eigenvalue weighted by Gasteiger charge is -2.28. The highest BCUT2D eigenvalue weighted by Crippen LogP contribution is 2.36. The molecule has 1 aromatic rings. The van der Waals surface area contributed by atoms with E-state index in [1.165, 1.54) is 5.56 Å². The normalized spacial score (nSPS) is 21.5. The van der Waals surface area contributed by atoms with Crippen LogP contribution in [0.1, 0.15) is 87.1 Å². The summed E-state index contributed by atoms with van der Waals surface area (Å²) in [5, 5.41) is 0. The Labute approximate surface area is 134 Å². The molecule has 0 saturated heterocycles. The van der Waals surface area contributed by atoms with Crippen molar-refractivity contribution < 1.29 is 9.59 Å². The quantitative estimate of drug-likeness (QED) is 0.639. The van der Waals surface area contributed by atoms with Crippen LogP contribution in [-0.4, -0.2) is 11.6 Å². The molecule has 0 atom stereocenters. The molecular weight excluding hydrogens is 272 g/mol. The van der Waals surface area contributed by atoms with Gasteiger partial charge in [0.15, 0.2) is 5.78 Å². The second-order valence-corrected chi connectivity index (χ2v) is 6.56. The molecule has 1 saturated carbocycles. The van der Waals surface area contributed by atoms with Crippen molar-refractivity contribution in [2.24, 2.45) is 5.92 Å². The third-order valence-electron chi connectivity index (χ3n) is 4.86. The van der Waals surface area contributed by atoms with Gasteiger partial charge in [0.25, 0.3) is 0 Å². The van der Waals surface area contributed by atoms with Crippen molar-refractivity contribution in [2.75, 3.05) is 0 Å². The molecule has 2 rings (SSSR count). The molecule has 0 heterocycles. The first kappa shape index (κ1) is 16.9. The van der Waals surface area contributed by atoms with E-state index in [0.29, 0.717) is 24.0 Å². The van der Waals surface area contributed by atoms with Gasteiger partial charge in [-0.15, -0.1) is 0 Å². The van der Waals surface area contributed by atoms with Crippen LogP contribution < -0.4 is 0 Å². The topological polar surface area (TPSA) is 34.1 Å². The minimum atomic E-state index is 0.239. The van der Waals surface area contributed by atoms with E-state index >= 15 is 0 Å². The van der Waals surface area contributed by atoms with Gasteiger partial charge in [0.2, 0.25) is 0 Å². The Morgan fingerprint density at radius 1 is 0.909 bits per heavy atom. The molecule has 2 nitrogen and oxygen atoms in total. The molecule has 120 valence electrons. The predicted molar refractivity (Wildman–Crippen MR) is 90.3 cm³/mol. The highest BCUT2D eigenvalue weighted by Gasteiger charge is 2.26. The molecule has 1 fully saturated rings. The summed E-state index contributed by atoms with van der Waals surface area (Å²) < 4.78 is 0. The fraction of sp³-hybridized carbons (Fsp3) is 0.600. The molecular formula is C20H28O2. The van der Waals surface area contributed by atoms with Crippen molar-refractivity contribution >= 4 is 11.6 Å². The van der Waals surface area contributed by atoms with Crippen molar-refractivity contribution in [1.29, 1.82) is 0 Å². The zero-order valence-electron chi connectivity index (χ0n) is 13.9. The second-order valence-electron chi connectivity index (χ2n) is 6.56. The van der Waals surface area contributed by atoms with Crippen molar-refractivity contribution in [2.45, 2.75) is 71.1 Å². The maximum Gasteiger partial charge on any atom is 0.162 e. The van der Waals surface area contributed by atoms with Crippen LogP contribution in [0.3, 0.4) is 0 Å². The first-order chi connectivity index (χ1) is 10.7. The highest BCUT2D eigenvalue weighted by molar-refractivity contribution is 5.96. The maximum absolute atomic E-state index is 12.0. The number of carbonyl (C=O) groups excluding carboxylic acids is 2. The summed E-state index contributed by atoms with van der Waals surface area (Å²) in [6, 6.07) is 8.17. The molecule has 1 aromatic carbocycles. The van der Waals surface area contributed by atoms with Gasteiger partial charge in [0.1, 0.15) is 5.78 Å². The van der Waals surface area contributed by atoms with Crippen LogP contribution >= 0.6 is 0 Å². The smallest absolute Gasteiger partial charge is 0.162 e. The summed E-state index contributed by atoms with van der Waals surface area (Å²) in [6.07, 6.45) is 7.49. The number of hydrogen-bond donors (Lipinski definition) is 0. The summed E-state index contributed by atoms with van der Waals surface area (Å²) in [6.45, 7) is 4.11. The van der Waals surface area contributed by atoms with Crippen molar-refractivity contribution in [1.82, 2.24) is 0 Å². The van der Waals surface area contributed by atoms with Gasteiger partial charge in [-0.2, -0.15) is 0 Å². The Balaban J connectivity index is 1.91. The van der Waals surface area contributed by atoms with E-state index in [-0.39, 0.29) is 5.78 Å². The molecule has 0 aliphatic heterocycles. The molecule has 0 amide bonds. The number of ketones is 2. The van der Waals surface area contributed by atoms with Crippen molar-refractivity contribution in [3.8, 4) is 0 Å². The third-order valence-corrected chi connectivity index (χ3v) is 4.86. The van der Waals surface area contributed by atoms with Gasteiger partial charge >= 0.3 is 0 Å². The largest absolute Gasteiger partial charge is 0.299 e. The molecule has 0 radical (unpaired) electrons. The van der Waals surface area contributed by atoms with Crippen LogP contribution in [0.15, 0.2) is 24.3 Å². The average Bonchev–Trinajstić information content (AvgIpc) is 2.55. The predicted octanol–water partition coefficient (Wildman–Crippen LogP) is 5.31. The van der Waals surface area contributed by atoms with Crippen LogP contribution in [-0.2, 0) is 4.79 Å². The average molecular weight is 300 g/mol. The minimum Gasteiger partial charge on any atom is -0.299 e. The van der Waals surface area contributed by atoms with E-state index in [4.69, 9.17) is 0 Å². The number of rotatable bonds is 7. The minimum absolute atomic E-state index is 0.239. The number of benzene rings is 1. The van der Waals surface area contributed by atoms with E-state index in [9.17, 15) is 9.59 Å². The fourth-order valence-corrected chi connectivity index (χ4v) is 3.51. The second kappa shape index (κ2) is 8.26. The standard InChI is InChI=1S/C20H28O2/c1-3-5-19(21)17-11-7-15(8-12-17)16-9-13-18(14-10-16)20(22)6-4-2/h7-8,11-12,16,18H,3-6,9-10,13-14H2,1-2H3. The SMILES string of the molecule is CCCC(=O)c1ccc(C2CCC(C(=O)CCC)CC2)cc1. The third kappa shape index (κ3) is 4.28. The van der Waals surface area contributed by atoms with Crippen LogP contribution in [0.4, 0.5) is 0 Å². The number of hydrogen-bond acceptors (Lipinski definition) is 2. The van der Waals surface area contributed by atoms with Gasteiger partial charge in [-0.3, -0.25) is 9.59 Å². The molecule has 0 N–H and O–H groups in total. The molecule has 1 aliphatic carbocycles. The van der Waals surface area contributed by atoms with Crippen molar-refractivity contribution in [3.63, 3.8) is 0 Å². The summed E-state index contributed by atoms with van der Waals surface area (Å²) in [7, 11) is 0. The molecule has 0 unspecified atom stereocenters. The molecule has 0 spiro atoms. The van der Waals surface area contributed by atoms with Gasteiger partial charge in [-0.25, -0.2) is 0 Å². The van der Waals surface area contributed by atoms with E-state index in [2.05, 4.69) is 19.1 Å². The monoisotopic (exact) mass is 300 g/mol. The Morgan fingerprint density at radius 3 is 2.05 bits per heavy atom. The lowest BCUT2D eigenvalue weighted by molar-refractivity contribution is -0.123. The van der Waals surface area contributed by atoms with Crippen LogP contribution in [0.5, 0.6) is 0 Å². The Morgan fingerprint density at radius 2 is 1.50 bits per heavy atom. The van der Waals surface area contributed by atoms with Gasteiger partial charge in [0, 0.05) is 24.3 Å². The lowest BCUT2D eigenvalue weighted by Crippen LogP contribution is -2.20. The van der Waals surface area contributed by atoms with Gasteiger partial charge in [-0.1, -0.05) is 38.1 Å². The summed E-state index contributed by atoms with van der Waals surface area (Å²) in [4.78, 5) is 23.9. The Kier molecular flexibility index (Phi) is 6.35. The first-order valence-electron chi connectivity index (χ1n) is 8.81. The zero-order valence-corrected chi connectivity index (χ0v) is 13.9. The van der Waals surface area contributed by atoms with E-state index in [0.717, 1.165) is 50.5 Å². The summed E-state index contributed by atoms with van der Waals surface area (Å²) >= 11 is 0. The lowest BCUT2D eigenvalue weighted by atomic mass is 9.76. The van der Waals surface area contributed by atoms with Crippen LogP contribution in [0.2, 0.25) is 0 Å². The highest BCUT2D eigenvalue weighted by atomic mass is 16.1. The zero-order chi connectivity index (χ0) is 15.9. The van der Waals surface area contributed by atoms with Crippen molar-refractivity contribution in [3.05, 3.63) is 35.4 Å². The summed E-state index contributed by atoms with van der Waals surface area (Å²) in [5.74, 6) is 1.55.